The van der Waals surface area contributed by atoms with Crippen LogP contribution in [0.1, 0.15) is 103 Å². The van der Waals surface area contributed by atoms with Crippen molar-refractivity contribution in [1.82, 2.24) is 0 Å². The largest absolute Gasteiger partial charge is 0.487 e. The summed E-state index contributed by atoms with van der Waals surface area (Å²) in [5.41, 5.74) is 2.59. The van der Waals surface area contributed by atoms with Crippen molar-refractivity contribution < 1.29 is 9.53 Å². The first-order chi connectivity index (χ1) is 12.2. The molecule has 144 valence electrons. The average Bonchev–Trinajstić information content (AvgIpc) is 2.57. The maximum absolute atomic E-state index is 12.1. The van der Waals surface area contributed by atoms with Gasteiger partial charge in [-0.15, -0.1) is 0 Å². The molecule has 0 spiro atoms. The van der Waals surface area contributed by atoms with E-state index in [1.165, 1.54) is 43.2 Å². The van der Waals surface area contributed by atoms with E-state index in [9.17, 15) is 4.79 Å². The molecule has 0 radical (unpaired) electrons. The van der Waals surface area contributed by atoms with Crippen molar-refractivity contribution in [2.24, 2.45) is 5.92 Å². The van der Waals surface area contributed by atoms with Crippen LogP contribution in [0.15, 0.2) is 18.2 Å². The minimum absolute atomic E-state index is 0.162. The van der Waals surface area contributed by atoms with Gasteiger partial charge in [0.25, 0.3) is 0 Å². The first-order valence-electron chi connectivity index (χ1n) is 10.6. The Balaban J connectivity index is 1.85. The number of fused-ring (bicyclic) bond motifs is 3. The lowest BCUT2D eigenvalue weighted by atomic mass is 9.66. The van der Waals surface area contributed by atoms with Crippen LogP contribution >= 0.6 is 0 Å². The Morgan fingerprint density at radius 1 is 1.19 bits per heavy atom. The first kappa shape index (κ1) is 19.5. The van der Waals surface area contributed by atoms with Crippen LogP contribution in [0.2, 0.25) is 0 Å². The number of hydrogen-bond donors (Lipinski definition) is 0. The highest BCUT2D eigenvalue weighted by atomic mass is 16.5. The summed E-state index contributed by atoms with van der Waals surface area (Å²) < 4.78 is 6.49. The third-order valence-electron chi connectivity index (χ3n) is 6.78. The maximum atomic E-state index is 12.1. The fraction of sp³-hybridized carbons (Fsp3) is 0.708. The predicted octanol–water partition coefficient (Wildman–Crippen LogP) is 6.56. The minimum atomic E-state index is -0.192. The normalized spacial score (nSPS) is 24.6. The Bertz CT molecular complexity index is 656. The first-order valence-corrected chi connectivity index (χ1v) is 10.6. The van der Waals surface area contributed by atoms with Gasteiger partial charge in [0, 0.05) is 24.7 Å². The van der Waals surface area contributed by atoms with Crippen molar-refractivity contribution in [3.05, 3.63) is 29.3 Å². The highest BCUT2D eigenvalue weighted by molar-refractivity contribution is 5.80. The van der Waals surface area contributed by atoms with E-state index >= 15 is 0 Å². The van der Waals surface area contributed by atoms with Gasteiger partial charge in [-0.05, 0) is 49.3 Å². The number of unbranched alkanes of at least 4 members (excludes halogenated alkanes) is 3. The minimum Gasteiger partial charge on any atom is -0.487 e. The Labute approximate surface area is 159 Å². The monoisotopic (exact) mass is 356 g/mol. The fourth-order valence-corrected chi connectivity index (χ4v) is 5.01. The molecule has 2 aliphatic rings. The van der Waals surface area contributed by atoms with Crippen molar-refractivity contribution in [2.75, 3.05) is 0 Å². The second kappa shape index (κ2) is 7.37. The van der Waals surface area contributed by atoms with Gasteiger partial charge in [-0.1, -0.05) is 58.6 Å². The van der Waals surface area contributed by atoms with Crippen LogP contribution in [0, 0.1) is 5.92 Å². The Kier molecular flexibility index (Phi) is 5.51. The van der Waals surface area contributed by atoms with Gasteiger partial charge in [-0.2, -0.15) is 0 Å². The average molecular weight is 357 g/mol. The molecule has 2 nitrogen and oxygen atoms in total. The van der Waals surface area contributed by atoms with Crippen molar-refractivity contribution in [3.8, 4) is 5.75 Å². The highest BCUT2D eigenvalue weighted by Gasteiger charge is 2.46. The second-order valence-electron chi connectivity index (χ2n) is 9.65. The summed E-state index contributed by atoms with van der Waals surface area (Å²) in [5.74, 6) is 2.21. The molecule has 1 aliphatic heterocycles. The Morgan fingerprint density at radius 3 is 2.69 bits per heavy atom. The summed E-state index contributed by atoms with van der Waals surface area (Å²) >= 11 is 0. The molecular formula is C24H36O2. The molecule has 0 aromatic heterocycles. The van der Waals surface area contributed by atoms with E-state index in [0.29, 0.717) is 30.5 Å². The summed E-state index contributed by atoms with van der Waals surface area (Å²) in [6.07, 6.45) is 8.78. The quantitative estimate of drug-likeness (QED) is 0.540. The molecule has 1 aliphatic carbocycles. The molecule has 1 fully saturated rings. The Hall–Kier alpha value is -1.31. The van der Waals surface area contributed by atoms with Gasteiger partial charge in [0.1, 0.15) is 17.1 Å². The summed E-state index contributed by atoms with van der Waals surface area (Å²) in [6, 6.07) is 6.81. The van der Waals surface area contributed by atoms with E-state index in [1.54, 1.807) is 0 Å². The molecule has 3 rings (SSSR count). The number of carbonyl (C=O) groups is 1. The third kappa shape index (κ3) is 3.85. The van der Waals surface area contributed by atoms with Gasteiger partial charge in [0.05, 0.1) is 0 Å². The van der Waals surface area contributed by atoms with Crippen LogP contribution in [0.5, 0.6) is 5.75 Å². The number of rotatable bonds is 6. The topological polar surface area (TPSA) is 26.3 Å². The molecule has 0 amide bonds. The van der Waals surface area contributed by atoms with Gasteiger partial charge in [-0.3, -0.25) is 4.79 Å². The summed E-state index contributed by atoms with van der Waals surface area (Å²) in [6.45, 7) is 11.4. The van der Waals surface area contributed by atoms with Crippen molar-refractivity contribution >= 4 is 5.78 Å². The van der Waals surface area contributed by atoms with E-state index < -0.39 is 0 Å². The molecule has 26 heavy (non-hydrogen) atoms. The van der Waals surface area contributed by atoms with Gasteiger partial charge in [0.15, 0.2) is 0 Å². The van der Waals surface area contributed by atoms with E-state index in [1.807, 2.05) is 0 Å². The smallest absolute Gasteiger partial charge is 0.133 e. The summed E-state index contributed by atoms with van der Waals surface area (Å²) in [7, 11) is 0. The standard InChI is InChI=1S/C24H36O2/c1-6-7-8-9-14-23(2,3)17-10-12-19-20-16-18(25)11-13-21(20)24(4,5)26-22(19)15-17/h10,12,15,20-21H,6-9,11,13-14,16H2,1-5H3/t20-,21+/m0/s1. The number of Topliss-reactive ketones (excluding diaryl/α,β-unsaturated/α-hetero) is 1. The Morgan fingerprint density at radius 2 is 1.96 bits per heavy atom. The molecule has 2 heteroatoms. The number of benzene rings is 1. The number of hydrogen-bond acceptors (Lipinski definition) is 2. The molecule has 0 unspecified atom stereocenters. The zero-order valence-electron chi connectivity index (χ0n) is 17.4. The molecule has 1 aromatic rings. The van der Waals surface area contributed by atoms with Gasteiger partial charge < -0.3 is 4.74 Å². The lowest BCUT2D eigenvalue weighted by Crippen LogP contribution is -2.47. The molecule has 1 saturated carbocycles. The van der Waals surface area contributed by atoms with Gasteiger partial charge in [-0.25, -0.2) is 0 Å². The van der Waals surface area contributed by atoms with Crippen molar-refractivity contribution in [3.63, 3.8) is 0 Å². The fourth-order valence-electron chi connectivity index (χ4n) is 5.01. The zero-order valence-corrected chi connectivity index (χ0v) is 17.4. The molecular weight excluding hydrogens is 320 g/mol. The predicted molar refractivity (Wildman–Crippen MR) is 108 cm³/mol. The van der Waals surface area contributed by atoms with Gasteiger partial charge >= 0.3 is 0 Å². The third-order valence-corrected chi connectivity index (χ3v) is 6.78. The van der Waals surface area contributed by atoms with E-state index in [4.69, 9.17) is 4.74 Å². The maximum Gasteiger partial charge on any atom is 0.133 e. The van der Waals surface area contributed by atoms with Crippen molar-refractivity contribution in [1.29, 1.82) is 0 Å². The van der Waals surface area contributed by atoms with E-state index in [-0.39, 0.29) is 11.0 Å². The van der Waals surface area contributed by atoms with Crippen molar-refractivity contribution in [2.45, 2.75) is 103 Å². The summed E-state index contributed by atoms with van der Waals surface area (Å²) in [5, 5.41) is 0. The number of ketones is 1. The number of ether oxygens (including phenoxy) is 1. The van der Waals surface area contributed by atoms with Crippen LogP contribution in [-0.2, 0) is 10.2 Å². The van der Waals surface area contributed by atoms with Gasteiger partial charge in [0.2, 0.25) is 0 Å². The molecule has 0 N–H and O–H groups in total. The van der Waals surface area contributed by atoms with E-state index in [2.05, 4.69) is 52.8 Å². The highest BCUT2D eigenvalue weighted by Crippen LogP contribution is 2.51. The lowest BCUT2D eigenvalue weighted by Gasteiger charge is -2.47. The van der Waals surface area contributed by atoms with Crippen LogP contribution in [0.25, 0.3) is 0 Å². The molecule has 0 bridgehead atoms. The zero-order chi connectivity index (χ0) is 18.9. The molecule has 1 aromatic carbocycles. The van der Waals surface area contributed by atoms with Crippen LogP contribution < -0.4 is 4.74 Å². The van der Waals surface area contributed by atoms with E-state index in [0.717, 1.165) is 12.2 Å². The molecule has 0 saturated heterocycles. The van der Waals surface area contributed by atoms with Crippen LogP contribution in [0.3, 0.4) is 0 Å². The SMILES string of the molecule is CCCCCCC(C)(C)c1ccc2c(c1)OC(C)(C)[C@@H]1CCC(=O)C[C@@H]21. The van der Waals surface area contributed by atoms with Crippen LogP contribution in [0.4, 0.5) is 0 Å². The molecule has 2 atom stereocenters. The number of carbonyl (C=O) groups excluding carboxylic acids is 1. The lowest BCUT2D eigenvalue weighted by molar-refractivity contribution is -0.124. The van der Waals surface area contributed by atoms with Crippen LogP contribution in [-0.4, -0.2) is 11.4 Å². The summed E-state index contributed by atoms with van der Waals surface area (Å²) in [4.78, 5) is 12.1. The second-order valence-corrected chi connectivity index (χ2v) is 9.65. The molecule has 1 heterocycles.